The smallest absolute Gasteiger partial charge is 0.321 e. The van der Waals surface area contributed by atoms with Gasteiger partial charge < -0.3 is 5.32 Å². The minimum absolute atomic E-state index is 0.0398. The molecule has 2 aromatic rings. The number of hydrogen-bond acceptors (Lipinski definition) is 3. The number of nitrogens with one attached hydrogen (secondary N) is 1. The summed E-state index contributed by atoms with van der Waals surface area (Å²) in [6.07, 6.45) is -7.75. The fourth-order valence-corrected chi connectivity index (χ4v) is 2.84. The number of alkyl halides is 6. The minimum atomic E-state index is -4.88. The SMILES string of the molecule is CCCCn1nc(Br)c(C(F)(F)F)c1C(=O)Nc1ccnc(C(F)(F)F)c1. The van der Waals surface area contributed by atoms with Crippen molar-refractivity contribution in [1.29, 1.82) is 0 Å². The first-order valence-electron chi connectivity index (χ1n) is 7.63. The molecule has 0 atom stereocenters. The summed E-state index contributed by atoms with van der Waals surface area (Å²) in [5.74, 6) is -1.23. The lowest BCUT2D eigenvalue weighted by atomic mass is 10.2. The molecule has 5 nitrogen and oxygen atoms in total. The summed E-state index contributed by atoms with van der Waals surface area (Å²) in [4.78, 5) is 15.6. The summed E-state index contributed by atoms with van der Waals surface area (Å²) >= 11 is 2.70. The number of pyridine rings is 1. The van der Waals surface area contributed by atoms with Gasteiger partial charge in [-0.25, -0.2) is 0 Å². The molecular weight excluding hydrogens is 446 g/mol. The van der Waals surface area contributed by atoms with Gasteiger partial charge in [-0.15, -0.1) is 0 Å². The van der Waals surface area contributed by atoms with E-state index in [1.807, 2.05) is 0 Å². The first kappa shape index (κ1) is 21.2. The highest BCUT2D eigenvalue weighted by atomic mass is 79.9. The first-order valence-corrected chi connectivity index (χ1v) is 8.42. The van der Waals surface area contributed by atoms with Crippen LogP contribution in [-0.4, -0.2) is 20.7 Å². The molecule has 0 saturated heterocycles. The van der Waals surface area contributed by atoms with E-state index in [0.29, 0.717) is 18.9 Å². The summed E-state index contributed by atoms with van der Waals surface area (Å²) in [7, 11) is 0. The summed E-state index contributed by atoms with van der Waals surface area (Å²) in [5, 5.41) is 5.75. The number of nitrogens with zero attached hydrogens (tertiary/aromatic N) is 3. The van der Waals surface area contributed by atoms with Gasteiger partial charge in [0, 0.05) is 18.4 Å². The molecule has 2 rings (SSSR count). The predicted octanol–water partition coefficient (Wildman–Crippen LogP) is 5.13. The Bertz CT molecular complexity index is 831. The van der Waals surface area contributed by atoms with E-state index >= 15 is 0 Å². The number of hydrogen-bond donors (Lipinski definition) is 1. The van der Waals surface area contributed by atoms with E-state index in [0.717, 1.165) is 16.9 Å². The fourth-order valence-electron chi connectivity index (χ4n) is 2.24. The van der Waals surface area contributed by atoms with E-state index < -0.39 is 39.8 Å². The molecule has 0 aliphatic heterocycles. The normalized spacial score (nSPS) is 12.3. The lowest BCUT2D eigenvalue weighted by Crippen LogP contribution is -2.22. The second kappa shape index (κ2) is 7.87. The van der Waals surface area contributed by atoms with Gasteiger partial charge in [0.15, 0.2) is 0 Å². The number of unbranched alkanes of at least 4 members (excludes halogenated alkanes) is 1. The standard InChI is InChI=1S/C15H13BrF6N4O/c1-2-3-6-26-11(10(12(16)25-26)15(20,21)22)13(27)24-8-4-5-23-9(7-8)14(17,18)19/h4-5,7H,2-3,6H2,1H3,(H,23,24,27). The van der Waals surface area contributed by atoms with Crippen LogP contribution in [0.2, 0.25) is 0 Å². The molecule has 0 spiro atoms. The molecule has 0 aliphatic carbocycles. The molecule has 0 bridgehead atoms. The highest BCUT2D eigenvalue weighted by molar-refractivity contribution is 9.10. The maximum atomic E-state index is 13.3. The second-order valence-corrected chi connectivity index (χ2v) is 6.22. The molecule has 0 saturated carbocycles. The monoisotopic (exact) mass is 458 g/mol. The van der Waals surface area contributed by atoms with E-state index in [1.54, 1.807) is 6.92 Å². The Balaban J connectivity index is 2.43. The molecule has 0 aromatic carbocycles. The Hall–Kier alpha value is -2.11. The van der Waals surface area contributed by atoms with Crippen molar-refractivity contribution in [3.8, 4) is 0 Å². The van der Waals surface area contributed by atoms with Crippen molar-refractivity contribution in [1.82, 2.24) is 14.8 Å². The average Bonchev–Trinajstić information content (AvgIpc) is 2.89. The summed E-state index contributed by atoms with van der Waals surface area (Å²) in [6.45, 7) is 1.84. The maximum Gasteiger partial charge on any atom is 0.433 e. The van der Waals surface area contributed by atoms with Crippen molar-refractivity contribution in [3.63, 3.8) is 0 Å². The Labute approximate surface area is 157 Å². The lowest BCUT2D eigenvalue weighted by Gasteiger charge is -2.13. The Morgan fingerprint density at radius 3 is 2.44 bits per heavy atom. The number of amides is 1. The molecule has 0 radical (unpaired) electrons. The van der Waals surface area contributed by atoms with Crippen molar-refractivity contribution in [2.75, 3.05) is 5.32 Å². The highest BCUT2D eigenvalue weighted by Gasteiger charge is 2.42. The van der Waals surface area contributed by atoms with Crippen molar-refractivity contribution in [2.45, 2.75) is 38.7 Å². The van der Waals surface area contributed by atoms with Crippen LogP contribution in [0.15, 0.2) is 22.9 Å². The minimum Gasteiger partial charge on any atom is -0.321 e. The fraction of sp³-hybridized carbons (Fsp3) is 0.400. The van der Waals surface area contributed by atoms with Gasteiger partial charge in [-0.1, -0.05) is 13.3 Å². The van der Waals surface area contributed by atoms with Crippen LogP contribution in [0.1, 0.15) is 41.5 Å². The van der Waals surface area contributed by atoms with Gasteiger partial charge in [0.25, 0.3) is 5.91 Å². The van der Waals surface area contributed by atoms with Crippen molar-refractivity contribution >= 4 is 27.5 Å². The molecule has 1 N–H and O–H groups in total. The molecular formula is C15H13BrF6N4O. The number of halogens is 7. The quantitative estimate of drug-likeness (QED) is 0.631. The van der Waals surface area contributed by atoms with Gasteiger partial charge in [-0.05, 0) is 34.5 Å². The summed E-state index contributed by atoms with van der Waals surface area (Å²) < 4.78 is 78.5. The zero-order chi connectivity index (χ0) is 20.4. The van der Waals surface area contributed by atoms with Gasteiger partial charge in [-0.2, -0.15) is 31.4 Å². The third-order valence-corrected chi connectivity index (χ3v) is 4.00. The maximum absolute atomic E-state index is 13.3. The van der Waals surface area contributed by atoms with Crippen LogP contribution in [-0.2, 0) is 18.9 Å². The zero-order valence-corrected chi connectivity index (χ0v) is 15.3. The Morgan fingerprint density at radius 1 is 1.22 bits per heavy atom. The molecule has 2 aromatic heterocycles. The van der Waals surface area contributed by atoms with Crippen LogP contribution in [0.5, 0.6) is 0 Å². The average molecular weight is 459 g/mol. The number of aryl methyl sites for hydroxylation is 1. The molecule has 148 valence electrons. The number of rotatable bonds is 5. The first-order chi connectivity index (χ1) is 12.4. The van der Waals surface area contributed by atoms with E-state index in [9.17, 15) is 31.1 Å². The molecule has 0 unspecified atom stereocenters. The van der Waals surface area contributed by atoms with E-state index in [4.69, 9.17) is 0 Å². The number of aromatic nitrogens is 3. The zero-order valence-electron chi connectivity index (χ0n) is 13.7. The van der Waals surface area contributed by atoms with Crippen LogP contribution in [0.3, 0.4) is 0 Å². The Morgan fingerprint density at radius 2 is 1.89 bits per heavy atom. The third kappa shape index (κ3) is 4.99. The predicted molar refractivity (Wildman–Crippen MR) is 87.0 cm³/mol. The van der Waals surface area contributed by atoms with Crippen molar-refractivity contribution in [3.05, 3.63) is 39.9 Å². The van der Waals surface area contributed by atoms with E-state index in [2.05, 4.69) is 31.3 Å². The van der Waals surface area contributed by atoms with Gasteiger partial charge in [0.1, 0.15) is 21.6 Å². The van der Waals surface area contributed by atoms with E-state index in [-0.39, 0.29) is 12.2 Å². The molecule has 27 heavy (non-hydrogen) atoms. The largest absolute Gasteiger partial charge is 0.433 e. The second-order valence-electron chi connectivity index (χ2n) is 5.47. The van der Waals surface area contributed by atoms with E-state index in [1.165, 1.54) is 0 Å². The number of carbonyl (C=O) groups excluding carboxylic acids is 1. The lowest BCUT2D eigenvalue weighted by molar-refractivity contribution is -0.141. The summed E-state index contributed by atoms with van der Waals surface area (Å²) in [6, 6.07) is 1.58. The van der Waals surface area contributed by atoms with Crippen LogP contribution in [0.25, 0.3) is 0 Å². The molecule has 1 amide bonds. The molecule has 0 aliphatic rings. The van der Waals surface area contributed by atoms with Crippen LogP contribution in [0, 0.1) is 0 Å². The van der Waals surface area contributed by atoms with Gasteiger partial charge in [0.2, 0.25) is 0 Å². The van der Waals surface area contributed by atoms with Gasteiger partial charge in [-0.3, -0.25) is 14.5 Å². The molecule has 12 heteroatoms. The highest BCUT2D eigenvalue weighted by Crippen LogP contribution is 2.37. The third-order valence-electron chi connectivity index (χ3n) is 3.44. The van der Waals surface area contributed by atoms with Crippen molar-refractivity contribution in [2.24, 2.45) is 0 Å². The van der Waals surface area contributed by atoms with Crippen LogP contribution < -0.4 is 5.32 Å². The van der Waals surface area contributed by atoms with Crippen molar-refractivity contribution < 1.29 is 31.1 Å². The Kier molecular flexibility index (Phi) is 6.17. The van der Waals surface area contributed by atoms with Gasteiger partial charge in [0.05, 0.1) is 0 Å². The van der Waals surface area contributed by atoms with Crippen LogP contribution in [0.4, 0.5) is 32.0 Å². The van der Waals surface area contributed by atoms with Gasteiger partial charge >= 0.3 is 12.4 Å². The number of carbonyl (C=O) groups is 1. The van der Waals surface area contributed by atoms with Crippen LogP contribution >= 0.6 is 15.9 Å². The summed E-state index contributed by atoms with van der Waals surface area (Å²) in [5.41, 5.74) is -3.69. The molecule has 0 fully saturated rings. The number of anilines is 1. The topological polar surface area (TPSA) is 59.8 Å². The molecule has 2 heterocycles.